The molecular formula is C98H134O16. The predicted octanol–water partition coefficient (Wildman–Crippen LogP) is 21.2. The number of aliphatic hydroxyl groups is 1. The summed E-state index contributed by atoms with van der Waals surface area (Å²) in [5.74, 6) is -1.70. The van der Waals surface area contributed by atoms with Crippen molar-refractivity contribution in [1.29, 1.82) is 0 Å². The highest BCUT2D eigenvalue weighted by Gasteiger charge is 2.57. The third kappa shape index (κ3) is 34.3. The summed E-state index contributed by atoms with van der Waals surface area (Å²) in [7, 11) is 0. The van der Waals surface area contributed by atoms with E-state index in [2.05, 4.69) is 26.0 Å². The van der Waals surface area contributed by atoms with Crippen molar-refractivity contribution in [2.45, 2.75) is 301 Å². The Morgan fingerprint density at radius 2 is 0.570 bits per heavy atom. The molecule has 2 heterocycles. The monoisotopic (exact) mass is 1570 g/mol. The predicted molar refractivity (Wildman–Crippen MR) is 447 cm³/mol. The van der Waals surface area contributed by atoms with Crippen LogP contribution in [0.25, 0.3) is 0 Å². The Kier molecular flexibility index (Phi) is 44.3. The minimum Gasteiger partial charge on any atom is -0.459 e. The number of rotatable bonds is 61. The molecule has 7 aromatic rings. The highest BCUT2D eigenvalue weighted by molar-refractivity contribution is 5.76. The molecule has 2 fully saturated rings. The van der Waals surface area contributed by atoms with Gasteiger partial charge in [-0.25, -0.2) is 9.59 Å². The van der Waals surface area contributed by atoms with Gasteiger partial charge in [0, 0.05) is 13.2 Å². The normalized spacial score (nSPS) is 19.7. The molecule has 9 rings (SSSR count). The number of carbonyl (C=O) groups excluding carboxylic acids is 2. The Morgan fingerprint density at radius 1 is 0.289 bits per heavy atom. The van der Waals surface area contributed by atoms with Crippen molar-refractivity contribution >= 4 is 11.9 Å². The lowest BCUT2D eigenvalue weighted by Gasteiger charge is -2.49. The van der Waals surface area contributed by atoms with E-state index in [-0.39, 0.29) is 66.1 Å². The average molecular weight is 1570 g/mol. The van der Waals surface area contributed by atoms with Crippen LogP contribution < -0.4 is 0 Å². The summed E-state index contributed by atoms with van der Waals surface area (Å²) in [6.07, 6.45) is 20.4. The lowest BCUT2D eigenvalue weighted by Crippen LogP contribution is -2.67. The molecule has 0 aliphatic carbocycles. The minimum absolute atomic E-state index is 0.00170. The van der Waals surface area contributed by atoms with E-state index in [1.165, 1.54) is 141 Å². The molecule has 0 spiro atoms. The van der Waals surface area contributed by atoms with Crippen molar-refractivity contribution in [3.63, 3.8) is 0 Å². The van der Waals surface area contributed by atoms with Crippen molar-refractivity contribution in [2.75, 3.05) is 39.6 Å². The van der Waals surface area contributed by atoms with Gasteiger partial charge in [-0.15, -0.1) is 0 Å². The molecule has 2 saturated heterocycles. The molecule has 0 saturated carbocycles. The Bertz CT molecular complexity index is 3490. The van der Waals surface area contributed by atoms with Gasteiger partial charge in [0.15, 0.2) is 24.8 Å². The molecule has 114 heavy (non-hydrogen) atoms. The molecule has 10 atom stereocenters. The second kappa shape index (κ2) is 55.6. The van der Waals surface area contributed by atoms with Gasteiger partial charge in [-0.1, -0.05) is 393 Å². The number of unbranched alkanes of at least 4 members (excludes halogenated alkanes) is 26. The second-order valence-electron chi connectivity index (χ2n) is 31.3. The highest BCUT2D eigenvalue weighted by Crippen LogP contribution is 2.38. The molecule has 16 heteroatoms. The van der Waals surface area contributed by atoms with E-state index in [9.17, 15) is 9.90 Å². The standard InChI is InChI=1S/C98H134O16/c1-3-5-7-9-11-13-15-17-19-21-23-25-27-50-66-102-75-98(77-104-68-79-52-36-29-37-53-79,76-103-67-51-28-26-24-22-20-18-16-14-12-10-8-6-4-2)78-111-96-93(108-72-83-60-44-33-45-61-83)89(106-70-81-56-40-31-41-57-81)90(91(114-96)95(101)110-74-85-64-48-35-49-65-85)113-97-92(107-71-82-58-42-32-43-59-82)87(105-69-80-54-38-30-39-55-80)86(99)88(112-97)94(100)109-73-84-62-46-34-47-63-84/h29-49,52-65,86-93,96-97,99H,3-28,50-51,66-78H2,1-2H3/t86-,87-,88-,89-,90-,91-,92-,93-,96+,97-/m0/s1. The van der Waals surface area contributed by atoms with Gasteiger partial charge in [0.1, 0.15) is 49.8 Å². The largest absolute Gasteiger partial charge is 0.459 e. The molecule has 0 radical (unpaired) electrons. The lowest BCUT2D eigenvalue weighted by molar-refractivity contribution is -0.368. The summed E-state index contributed by atoms with van der Waals surface area (Å²) in [5.41, 5.74) is 4.75. The minimum atomic E-state index is -1.71. The van der Waals surface area contributed by atoms with Crippen LogP contribution in [0.5, 0.6) is 0 Å². The Balaban J connectivity index is 1.04. The van der Waals surface area contributed by atoms with Crippen LogP contribution in [0.15, 0.2) is 212 Å². The van der Waals surface area contributed by atoms with Crippen molar-refractivity contribution in [2.24, 2.45) is 5.41 Å². The molecule has 1 N–H and O–H groups in total. The fourth-order valence-electron chi connectivity index (χ4n) is 14.8. The number of carbonyl (C=O) groups is 2. The van der Waals surface area contributed by atoms with Gasteiger partial charge < -0.3 is 66.7 Å². The molecule has 7 aromatic carbocycles. The zero-order valence-electron chi connectivity index (χ0n) is 68.5. The summed E-state index contributed by atoms with van der Waals surface area (Å²) in [4.78, 5) is 30.6. The van der Waals surface area contributed by atoms with Crippen LogP contribution in [0.2, 0.25) is 0 Å². The third-order valence-electron chi connectivity index (χ3n) is 21.5. The topological polar surface area (TPSA) is 174 Å². The summed E-state index contributed by atoms with van der Waals surface area (Å²) in [6, 6.07) is 67.3. The Morgan fingerprint density at radius 3 is 0.930 bits per heavy atom. The van der Waals surface area contributed by atoms with Gasteiger partial charge in [-0.05, 0) is 51.8 Å². The summed E-state index contributed by atoms with van der Waals surface area (Å²) in [5, 5.41) is 12.7. The molecule has 622 valence electrons. The molecule has 0 amide bonds. The molecule has 16 nitrogen and oxygen atoms in total. The van der Waals surface area contributed by atoms with E-state index in [1.807, 2.05) is 200 Å². The van der Waals surface area contributed by atoms with Crippen LogP contribution in [0, 0.1) is 5.41 Å². The maximum atomic E-state index is 15.8. The molecule has 0 bridgehead atoms. The Hall–Kier alpha value is -7.00. The van der Waals surface area contributed by atoms with Crippen molar-refractivity contribution in [1.82, 2.24) is 0 Å². The molecular weight excluding hydrogens is 1430 g/mol. The smallest absolute Gasteiger partial charge is 0.338 e. The highest BCUT2D eigenvalue weighted by atomic mass is 16.8. The number of hydrogen-bond donors (Lipinski definition) is 1. The number of aliphatic hydroxyl groups excluding tert-OH is 1. The van der Waals surface area contributed by atoms with Crippen molar-refractivity contribution in [3.8, 4) is 0 Å². The van der Waals surface area contributed by atoms with Crippen LogP contribution in [0.4, 0.5) is 0 Å². The molecule has 0 aromatic heterocycles. The lowest BCUT2D eigenvalue weighted by atomic mass is 9.91. The first-order chi connectivity index (χ1) is 56.3. The first-order valence-corrected chi connectivity index (χ1v) is 43.3. The van der Waals surface area contributed by atoms with Crippen LogP contribution in [0.1, 0.15) is 233 Å². The zero-order valence-corrected chi connectivity index (χ0v) is 68.5. The van der Waals surface area contributed by atoms with Gasteiger partial charge in [0.2, 0.25) is 0 Å². The van der Waals surface area contributed by atoms with Crippen LogP contribution in [-0.4, -0.2) is 118 Å². The first kappa shape index (κ1) is 90.9. The molecule has 2 aliphatic heterocycles. The zero-order chi connectivity index (χ0) is 79.4. The van der Waals surface area contributed by atoms with Crippen molar-refractivity contribution in [3.05, 3.63) is 251 Å². The summed E-state index contributed by atoms with van der Waals surface area (Å²) in [6.45, 7) is 6.32. The average Bonchev–Trinajstić information content (AvgIpc) is 0.762. The van der Waals surface area contributed by atoms with Gasteiger partial charge in [-0.2, -0.15) is 0 Å². The Labute approximate surface area is 682 Å². The van der Waals surface area contributed by atoms with E-state index >= 15 is 4.79 Å². The second-order valence-corrected chi connectivity index (χ2v) is 31.3. The molecule has 2 aliphatic rings. The summed E-state index contributed by atoms with van der Waals surface area (Å²) < 4.78 is 90.1. The fourth-order valence-corrected chi connectivity index (χ4v) is 14.8. The van der Waals surface area contributed by atoms with E-state index in [1.54, 1.807) is 0 Å². The van der Waals surface area contributed by atoms with E-state index in [4.69, 9.17) is 61.6 Å². The quantitative estimate of drug-likeness (QED) is 0.0281. The van der Waals surface area contributed by atoms with Crippen LogP contribution in [0.3, 0.4) is 0 Å². The first-order valence-electron chi connectivity index (χ1n) is 43.3. The number of esters is 2. The molecule has 0 unspecified atom stereocenters. The number of benzene rings is 7. The SMILES string of the molecule is CCCCCCCCCCCCCCCCOCC(COCCCCCCCCCCCCCCCC)(COCc1ccccc1)CO[C@@H]1O[C@H](C(=O)OCc2ccccc2)[C@@H](O[C@@H]2O[C@H](C(=O)OCc3ccccc3)[C@@H](O)[C@H](OCc3ccccc3)[C@@H]2OCc2ccccc2)[C@H](OCc2ccccc2)[C@@H]1OCc1ccccc1. The van der Waals surface area contributed by atoms with E-state index < -0.39 is 78.8 Å². The third-order valence-corrected chi connectivity index (χ3v) is 21.5. The van der Waals surface area contributed by atoms with Crippen LogP contribution >= 0.6 is 0 Å². The van der Waals surface area contributed by atoms with E-state index in [0.29, 0.717) is 19.8 Å². The number of ether oxygens (including phenoxy) is 13. The van der Waals surface area contributed by atoms with Gasteiger partial charge in [-0.3, -0.25) is 0 Å². The summed E-state index contributed by atoms with van der Waals surface area (Å²) >= 11 is 0. The van der Waals surface area contributed by atoms with Crippen molar-refractivity contribution < 1.29 is 76.3 Å². The van der Waals surface area contributed by atoms with Gasteiger partial charge in [0.05, 0.1) is 64.9 Å². The fraction of sp³-hybridized carbons (Fsp3) is 0.551. The maximum Gasteiger partial charge on any atom is 0.338 e. The van der Waals surface area contributed by atoms with Gasteiger partial charge >= 0.3 is 11.9 Å². The maximum absolute atomic E-state index is 15.8. The van der Waals surface area contributed by atoms with E-state index in [0.717, 1.165) is 77.5 Å². The van der Waals surface area contributed by atoms with Crippen LogP contribution in [-0.2, 0) is 117 Å². The van der Waals surface area contributed by atoms with Gasteiger partial charge in [0.25, 0.3) is 0 Å². The number of hydrogen-bond acceptors (Lipinski definition) is 16.